The molecule has 3 aliphatic carbocycles. The van der Waals surface area contributed by atoms with E-state index in [1.807, 2.05) is 30.3 Å². The van der Waals surface area contributed by atoms with Gasteiger partial charge in [0.2, 0.25) is 0 Å². The number of amides is 1. The number of allylic oxidation sites excluding steroid dienone is 4. The topological polar surface area (TPSA) is 81.7 Å². The zero-order valence-corrected chi connectivity index (χ0v) is 15.1. The number of carbonyl (C=O) groups excluding carboxylic acids is 3. The predicted molar refractivity (Wildman–Crippen MR) is 98.9 cm³/mol. The van der Waals surface area contributed by atoms with Crippen LogP contribution in [0.3, 0.4) is 0 Å². The molecule has 5 rings (SSSR count). The molecule has 6 heteroatoms. The van der Waals surface area contributed by atoms with Crippen LogP contribution in [0.4, 0.5) is 4.79 Å². The first kappa shape index (κ1) is 17.0. The fourth-order valence-corrected chi connectivity index (χ4v) is 4.74. The fraction of sp³-hybridized carbons (Fsp3) is 0.318. The molecular weight excluding hydrogens is 358 g/mol. The second-order valence-electron chi connectivity index (χ2n) is 7.63. The van der Waals surface area contributed by atoms with Crippen molar-refractivity contribution in [1.29, 1.82) is 0 Å². The average molecular weight is 377 g/mol. The highest BCUT2D eigenvalue weighted by atomic mass is 16.6. The molecule has 1 spiro atoms. The molecule has 2 bridgehead atoms. The van der Waals surface area contributed by atoms with Crippen LogP contribution < -0.4 is 5.32 Å². The highest BCUT2D eigenvalue weighted by molar-refractivity contribution is 6.08. The normalized spacial score (nSPS) is 32.1. The second kappa shape index (κ2) is 6.19. The summed E-state index contributed by atoms with van der Waals surface area (Å²) in [5.41, 5.74) is 1.57. The largest absolute Gasteiger partial charge is 0.449 e. The van der Waals surface area contributed by atoms with E-state index < -0.39 is 23.7 Å². The van der Waals surface area contributed by atoms with E-state index in [4.69, 9.17) is 9.47 Å². The standard InChI is InChI=1S/C22H19NO5/c24-17-8-9-22(19-15-7-6-14(10-15)18(17)19)11-16(20(25)28-22)23-21(26)27-12-13-4-2-1-3-5-13/h1-9,14-16H,10-12H2,(H,23,26)/t14?,15?,16?,22-/m0/s1. The Labute approximate surface area is 161 Å². The Morgan fingerprint density at radius 2 is 1.96 bits per heavy atom. The van der Waals surface area contributed by atoms with E-state index in [1.54, 1.807) is 6.08 Å². The lowest BCUT2D eigenvalue weighted by molar-refractivity contribution is -0.145. The van der Waals surface area contributed by atoms with Crippen molar-refractivity contribution < 1.29 is 23.9 Å². The smallest absolute Gasteiger partial charge is 0.408 e. The van der Waals surface area contributed by atoms with E-state index in [-0.39, 0.29) is 30.6 Å². The van der Waals surface area contributed by atoms with E-state index in [1.165, 1.54) is 6.08 Å². The van der Waals surface area contributed by atoms with Gasteiger partial charge >= 0.3 is 12.1 Å². The number of fused-ring (bicyclic) bond motifs is 5. The molecule has 4 atom stereocenters. The molecule has 1 aliphatic heterocycles. The number of rotatable bonds is 3. The minimum absolute atomic E-state index is 0.00722. The maximum absolute atomic E-state index is 12.5. The number of alkyl carbamates (subject to hydrolysis) is 1. The summed E-state index contributed by atoms with van der Waals surface area (Å²) >= 11 is 0. The molecule has 1 amide bonds. The Balaban J connectivity index is 1.30. The maximum Gasteiger partial charge on any atom is 0.408 e. The van der Waals surface area contributed by atoms with Crippen molar-refractivity contribution in [3.63, 3.8) is 0 Å². The van der Waals surface area contributed by atoms with Gasteiger partial charge < -0.3 is 14.8 Å². The first-order valence-electron chi connectivity index (χ1n) is 9.42. The summed E-state index contributed by atoms with van der Waals surface area (Å²) < 4.78 is 11.0. The van der Waals surface area contributed by atoms with Gasteiger partial charge in [-0.15, -0.1) is 0 Å². The van der Waals surface area contributed by atoms with Crippen LogP contribution in [0.15, 0.2) is 65.8 Å². The van der Waals surface area contributed by atoms with Gasteiger partial charge in [0.1, 0.15) is 12.6 Å². The van der Waals surface area contributed by atoms with Crippen LogP contribution in [0.5, 0.6) is 0 Å². The van der Waals surface area contributed by atoms with Crippen molar-refractivity contribution in [1.82, 2.24) is 5.32 Å². The minimum Gasteiger partial charge on any atom is -0.449 e. The molecule has 1 heterocycles. The van der Waals surface area contributed by atoms with Crippen LogP contribution in [0.25, 0.3) is 0 Å². The van der Waals surface area contributed by atoms with Crippen molar-refractivity contribution in [2.75, 3.05) is 0 Å². The van der Waals surface area contributed by atoms with E-state index in [9.17, 15) is 14.4 Å². The van der Waals surface area contributed by atoms with Gasteiger partial charge in [0.05, 0.1) is 0 Å². The van der Waals surface area contributed by atoms with Crippen LogP contribution in [0, 0.1) is 11.8 Å². The Bertz CT molecular complexity index is 960. The Morgan fingerprint density at radius 1 is 1.18 bits per heavy atom. The van der Waals surface area contributed by atoms with Gasteiger partial charge in [-0.3, -0.25) is 4.79 Å². The quantitative estimate of drug-likeness (QED) is 0.647. The monoisotopic (exact) mass is 377 g/mol. The zero-order chi connectivity index (χ0) is 19.3. The second-order valence-corrected chi connectivity index (χ2v) is 7.63. The molecule has 1 aromatic carbocycles. The van der Waals surface area contributed by atoms with Crippen molar-refractivity contribution in [3.05, 3.63) is 71.3 Å². The highest BCUT2D eigenvalue weighted by Gasteiger charge is 2.56. The van der Waals surface area contributed by atoms with E-state index in [0.717, 1.165) is 23.1 Å². The molecule has 0 radical (unpaired) electrons. The zero-order valence-electron chi connectivity index (χ0n) is 15.1. The molecule has 6 nitrogen and oxygen atoms in total. The van der Waals surface area contributed by atoms with Crippen LogP contribution in [-0.4, -0.2) is 29.5 Å². The summed E-state index contributed by atoms with van der Waals surface area (Å²) in [6.07, 6.45) is 7.78. The van der Waals surface area contributed by atoms with Gasteiger partial charge in [-0.25, -0.2) is 9.59 Å². The molecular formula is C22H19NO5. The molecule has 1 saturated heterocycles. The summed E-state index contributed by atoms with van der Waals surface area (Å²) in [7, 11) is 0. The molecule has 142 valence electrons. The third-order valence-electron chi connectivity index (χ3n) is 5.92. The van der Waals surface area contributed by atoms with Crippen LogP contribution in [-0.2, 0) is 25.7 Å². The number of hydrogen-bond donors (Lipinski definition) is 1. The lowest BCUT2D eigenvalue weighted by atomic mass is 9.76. The van der Waals surface area contributed by atoms with Crippen molar-refractivity contribution >= 4 is 17.8 Å². The maximum atomic E-state index is 12.5. The first-order chi connectivity index (χ1) is 13.6. The first-order valence-corrected chi connectivity index (χ1v) is 9.42. The van der Waals surface area contributed by atoms with Crippen molar-refractivity contribution in [2.24, 2.45) is 11.8 Å². The molecule has 1 aromatic rings. The van der Waals surface area contributed by atoms with E-state index in [2.05, 4.69) is 17.5 Å². The number of esters is 1. The summed E-state index contributed by atoms with van der Waals surface area (Å²) in [5.74, 6) is -0.289. The summed E-state index contributed by atoms with van der Waals surface area (Å²) in [6.45, 7) is 0.123. The highest BCUT2D eigenvalue weighted by Crippen LogP contribution is 2.54. The van der Waals surface area contributed by atoms with Gasteiger partial charge in [0.25, 0.3) is 0 Å². The SMILES string of the molecule is O=C(NC1C[C@]2(C=CC(=O)C3=C2C2C=CC3C2)OC1=O)OCc1ccccc1. The molecule has 0 aromatic heterocycles. The van der Waals surface area contributed by atoms with Crippen LogP contribution in [0.2, 0.25) is 0 Å². The number of carbonyl (C=O) groups is 3. The number of hydrogen-bond acceptors (Lipinski definition) is 5. The molecule has 1 fully saturated rings. The minimum atomic E-state index is -0.943. The lowest BCUT2D eigenvalue weighted by Crippen LogP contribution is -2.39. The predicted octanol–water partition coefficient (Wildman–Crippen LogP) is 2.61. The van der Waals surface area contributed by atoms with Crippen molar-refractivity contribution in [3.8, 4) is 0 Å². The molecule has 0 saturated carbocycles. The molecule has 1 N–H and O–H groups in total. The Morgan fingerprint density at radius 3 is 2.79 bits per heavy atom. The van der Waals surface area contributed by atoms with E-state index >= 15 is 0 Å². The Hall–Kier alpha value is -3.15. The number of nitrogens with one attached hydrogen (secondary N) is 1. The number of ether oxygens (including phenoxy) is 2. The number of benzene rings is 1. The molecule has 4 aliphatic rings. The fourth-order valence-electron chi connectivity index (χ4n) is 4.74. The summed E-state index contributed by atoms with van der Waals surface area (Å²) in [4.78, 5) is 37.0. The summed E-state index contributed by atoms with van der Waals surface area (Å²) in [6, 6.07) is 8.51. The van der Waals surface area contributed by atoms with E-state index in [0.29, 0.717) is 0 Å². The Kier molecular flexibility index (Phi) is 3.75. The van der Waals surface area contributed by atoms with Crippen LogP contribution >= 0.6 is 0 Å². The van der Waals surface area contributed by atoms with Gasteiger partial charge in [0, 0.05) is 23.8 Å². The average Bonchev–Trinajstić information content (AvgIpc) is 3.39. The lowest BCUT2D eigenvalue weighted by Gasteiger charge is -2.33. The third kappa shape index (κ3) is 2.59. The third-order valence-corrected chi connectivity index (χ3v) is 5.92. The number of ketones is 1. The summed E-state index contributed by atoms with van der Waals surface area (Å²) in [5, 5.41) is 2.61. The molecule has 28 heavy (non-hydrogen) atoms. The van der Waals surface area contributed by atoms with Gasteiger partial charge in [-0.1, -0.05) is 42.5 Å². The molecule has 3 unspecified atom stereocenters. The van der Waals surface area contributed by atoms with Gasteiger partial charge in [-0.2, -0.15) is 0 Å². The van der Waals surface area contributed by atoms with Crippen LogP contribution in [0.1, 0.15) is 18.4 Å². The van der Waals surface area contributed by atoms with Gasteiger partial charge in [0.15, 0.2) is 11.4 Å². The van der Waals surface area contributed by atoms with Gasteiger partial charge in [-0.05, 0) is 29.7 Å². The van der Waals surface area contributed by atoms with Crippen molar-refractivity contribution in [2.45, 2.75) is 31.1 Å².